The Hall–Kier alpha value is -1.46. The van der Waals surface area contributed by atoms with E-state index < -0.39 is 5.91 Å². The fourth-order valence-corrected chi connectivity index (χ4v) is 2.37. The molecule has 2 rings (SSSR count). The van der Waals surface area contributed by atoms with Gasteiger partial charge in [0.25, 0.3) is 0 Å². The zero-order valence-electron chi connectivity index (χ0n) is 13.2. The molecule has 1 fully saturated rings. The number of halogens is 1. The fourth-order valence-electron chi connectivity index (χ4n) is 2.37. The van der Waals surface area contributed by atoms with Crippen LogP contribution in [0.25, 0.3) is 0 Å². The van der Waals surface area contributed by atoms with Gasteiger partial charge in [0.05, 0.1) is 6.54 Å². The summed E-state index contributed by atoms with van der Waals surface area (Å²) in [5, 5.41) is 0. The lowest BCUT2D eigenvalue weighted by Gasteiger charge is -2.38. The van der Waals surface area contributed by atoms with Gasteiger partial charge in [-0.1, -0.05) is 19.1 Å². The SMILES string of the molecule is Cc1ccc(C2(C)CCN(C)CC2)cc1F.NCC(N)=O. The second kappa shape index (κ2) is 7.52. The van der Waals surface area contributed by atoms with Crippen LogP contribution in [-0.4, -0.2) is 37.5 Å². The molecule has 0 spiro atoms. The monoisotopic (exact) mass is 295 g/mol. The molecule has 1 heterocycles. The molecular weight excluding hydrogens is 269 g/mol. The number of likely N-dealkylation sites (tertiary alicyclic amines) is 1. The molecular formula is C16H26FN3O. The predicted octanol–water partition coefficient (Wildman–Crippen LogP) is 1.55. The molecule has 1 aliphatic heterocycles. The fraction of sp³-hybridized carbons (Fsp3) is 0.562. The normalized spacial score (nSPS) is 17.8. The number of aryl methyl sites for hydroxylation is 1. The zero-order valence-corrected chi connectivity index (χ0v) is 13.2. The predicted molar refractivity (Wildman–Crippen MR) is 83.5 cm³/mol. The van der Waals surface area contributed by atoms with E-state index in [1.807, 2.05) is 13.0 Å². The van der Waals surface area contributed by atoms with Gasteiger partial charge in [-0.05, 0) is 62.5 Å². The number of carbonyl (C=O) groups excluding carboxylic acids is 1. The first-order valence-corrected chi connectivity index (χ1v) is 7.22. The molecule has 4 N–H and O–H groups in total. The van der Waals surface area contributed by atoms with Crippen molar-refractivity contribution in [2.75, 3.05) is 26.7 Å². The Balaban J connectivity index is 0.000000383. The minimum Gasteiger partial charge on any atom is -0.369 e. The molecule has 1 amide bonds. The van der Waals surface area contributed by atoms with Crippen LogP contribution < -0.4 is 11.5 Å². The third-order valence-electron chi connectivity index (χ3n) is 4.16. The van der Waals surface area contributed by atoms with E-state index in [2.05, 4.69) is 30.7 Å². The highest BCUT2D eigenvalue weighted by Crippen LogP contribution is 2.35. The minimum absolute atomic E-state index is 0.0556. The van der Waals surface area contributed by atoms with E-state index in [4.69, 9.17) is 5.73 Å². The molecule has 118 valence electrons. The summed E-state index contributed by atoms with van der Waals surface area (Å²) in [5.74, 6) is -0.539. The molecule has 1 aliphatic rings. The average Bonchev–Trinajstić information content (AvgIpc) is 2.46. The van der Waals surface area contributed by atoms with Gasteiger partial charge in [-0.3, -0.25) is 4.79 Å². The standard InChI is InChI=1S/C14H20FN.C2H6N2O/c1-11-4-5-12(10-13(11)15)14(2)6-8-16(3)9-7-14;3-1-2(4)5/h4-5,10H,6-9H2,1-3H3;1,3H2,(H2,4,5). The van der Waals surface area contributed by atoms with Crippen molar-refractivity contribution in [3.63, 3.8) is 0 Å². The third-order valence-corrected chi connectivity index (χ3v) is 4.16. The highest BCUT2D eigenvalue weighted by molar-refractivity contribution is 5.75. The summed E-state index contributed by atoms with van der Waals surface area (Å²) < 4.78 is 13.6. The summed E-state index contributed by atoms with van der Waals surface area (Å²) in [6.45, 7) is 6.22. The largest absolute Gasteiger partial charge is 0.369 e. The highest BCUT2D eigenvalue weighted by Gasteiger charge is 2.30. The molecule has 0 unspecified atom stereocenters. The van der Waals surface area contributed by atoms with E-state index in [0.29, 0.717) is 0 Å². The van der Waals surface area contributed by atoms with Crippen LogP contribution in [0.4, 0.5) is 4.39 Å². The van der Waals surface area contributed by atoms with Crippen LogP contribution in [0, 0.1) is 12.7 Å². The lowest BCUT2D eigenvalue weighted by Crippen LogP contribution is -2.38. The number of hydrogen-bond donors (Lipinski definition) is 2. The Kier molecular flexibility index (Phi) is 6.30. The van der Waals surface area contributed by atoms with Gasteiger partial charge in [-0.25, -0.2) is 4.39 Å². The van der Waals surface area contributed by atoms with E-state index in [1.54, 1.807) is 6.07 Å². The van der Waals surface area contributed by atoms with Gasteiger partial charge < -0.3 is 16.4 Å². The van der Waals surface area contributed by atoms with Gasteiger partial charge in [0.15, 0.2) is 0 Å². The highest BCUT2D eigenvalue weighted by atomic mass is 19.1. The summed E-state index contributed by atoms with van der Waals surface area (Å²) in [6, 6.07) is 5.71. The molecule has 0 bridgehead atoms. The molecule has 1 aromatic carbocycles. The van der Waals surface area contributed by atoms with Crippen LogP contribution in [0.2, 0.25) is 0 Å². The first kappa shape index (κ1) is 17.6. The van der Waals surface area contributed by atoms with Crippen molar-refractivity contribution in [2.45, 2.75) is 32.1 Å². The van der Waals surface area contributed by atoms with E-state index >= 15 is 0 Å². The van der Waals surface area contributed by atoms with Crippen LogP contribution in [0.1, 0.15) is 30.9 Å². The molecule has 0 aliphatic carbocycles. The number of hydrogen-bond acceptors (Lipinski definition) is 3. The Morgan fingerprint density at radius 3 is 2.33 bits per heavy atom. The van der Waals surface area contributed by atoms with Crippen LogP contribution in [0.5, 0.6) is 0 Å². The van der Waals surface area contributed by atoms with Gasteiger partial charge in [-0.15, -0.1) is 0 Å². The van der Waals surface area contributed by atoms with Crippen LogP contribution in [0.3, 0.4) is 0 Å². The molecule has 21 heavy (non-hydrogen) atoms. The number of benzene rings is 1. The Morgan fingerprint density at radius 2 is 1.90 bits per heavy atom. The number of piperidine rings is 1. The van der Waals surface area contributed by atoms with Gasteiger partial charge in [0, 0.05) is 0 Å². The van der Waals surface area contributed by atoms with Crippen molar-refractivity contribution in [1.82, 2.24) is 4.90 Å². The van der Waals surface area contributed by atoms with Gasteiger partial charge in [-0.2, -0.15) is 0 Å². The number of amides is 1. The average molecular weight is 295 g/mol. The van der Waals surface area contributed by atoms with E-state index in [1.165, 1.54) is 0 Å². The molecule has 0 radical (unpaired) electrons. The number of carbonyl (C=O) groups is 1. The first-order chi connectivity index (χ1) is 9.78. The van der Waals surface area contributed by atoms with Crippen LogP contribution in [0.15, 0.2) is 18.2 Å². The summed E-state index contributed by atoms with van der Waals surface area (Å²) in [6.07, 6.45) is 2.23. The van der Waals surface area contributed by atoms with Gasteiger partial charge in [0.2, 0.25) is 5.91 Å². The van der Waals surface area contributed by atoms with Crippen LogP contribution in [-0.2, 0) is 10.2 Å². The lowest BCUT2D eigenvalue weighted by atomic mass is 9.74. The number of nitrogens with zero attached hydrogens (tertiary/aromatic N) is 1. The lowest BCUT2D eigenvalue weighted by molar-refractivity contribution is -0.116. The van der Waals surface area contributed by atoms with Gasteiger partial charge >= 0.3 is 0 Å². The topological polar surface area (TPSA) is 72.3 Å². The summed E-state index contributed by atoms with van der Waals surface area (Å²) >= 11 is 0. The smallest absolute Gasteiger partial charge is 0.231 e. The first-order valence-electron chi connectivity index (χ1n) is 7.22. The molecule has 1 aromatic rings. The molecule has 4 nitrogen and oxygen atoms in total. The Morgan fingerprint density at radius 1 is 1.38 bits per heavy atom. The maximum Gasteiger partial charge on any atom is 0.231 e. The molecule has 1 saturated heterocycles. The van der Waals surface area contributed by atoms with Crippen molar-refractivity contribution in [1.29, 1.82) is 0 Å². The quantitative estimate of drug-likeness (QED) is 0.869. The van der Waals surface area contributed by atoms with Crippen molar-refractivity contribution < 1.29 is 9.18 Å². The summed E-state index contributed by atoms with van der Waals surface area (Å²) in [5.41, 5.74) is 11.3. The summed E-state index contributed by atoms with van der Waals surface area (Å²) in [4.78, 5) is 11.8. The molecule has 5 heteroatoms. The van der Waals surface area contributed by atoms with Gasteiger partial charge in [0.1, 0.15) is 5.82 Å². The zero-order chi connectivity index (χ0) is 16.0. The molecule has 0 saturated carbocycles. The maximum atomic E-state index is 13.6. The third kappa shape index (κ3) is 5.10. The number of rotatable bonds is 2. The number of nitrogens with two attached hydrogens (primary N) is 2. The Labute approximate surface area is 126 Å². The van der Waals surface area contributed by atoms with Crippen molar-refractivity contribution >= 4 is 5.91 Å². The van der Waals surface area contributed by atoms with E-state index in [0.717, 1.165) is 37.1 Å². The molecule has 0 aromatic heterocycles. The number of primary amides is 1. The van der Waals surface area contributed by atoms with Crippen molar-refractivity contribution in [3.05, 3.63) is 35.1 Å². The minimum atomic E-state index is -0.468. The Bertz CT molecular complexity index is 482. The second-order valence-electron chi connectivity index (χ2n) is 6.00. The second-order valence-corrected chi connectivity index (χ2v) is 6.00. The maximum absolute atomic E-state index is 13.6. The van der Waals surface area contributed by atoms with Crippen LogP contribution >= 0.6 is 0 Å². The summed E-state index contributed by atoms with van der Waals surface area (Å²) in [7, 11) is 2.15. The van der Waals surface area contributed by atoms with E-state index in [-0.39, 0.29) is 17.8 Å². The van der Waals surface area contributed by atoms with Crippen molar-refractivity contribution in [2.24, 2.45) is 11.5 Å². The van der Waals surface area contributed by atoms with Crippen molar-refractivity contribution in [3.8, 4) is 0 Å². The van der Waals surface area contributed by atoms with E-state index in [9.17, 15) is 9.18 Å². The molecule has 0 atom stereocenters.